The van der Waals surface area contributed by atoms with Crippen LogP contribution < -0.4 is 5.32 Å². The largest absolute Gasteiger partial charge is 0.468 e. The lowest BCUT2D eigenvalue weighted by molar-refractivity contribution is -0.144. The van der Waals surface area contributed by atoms with Crippen LogP contribution in [-0.2, 0) is 14.3 Å². The molecule has 2 rings (SSSR count). The third kappa shape index (κ3) is 2.32. The zero-order chi connectivity index (χ0) is 13.2. The van der Waals surface area contributed by atoms with Crippen LogP contribution in [0.3, 0.4) is 0 Å². The van der Waals surface area contributed by atoms with Gasteiger partial charge in [0.25, 0.3) is 0 Å². The number of methoxy groups -OCH3 is 1. The number of imide groups is 1. The summed E-state index contributed by atoms with van der Waals surface area (Å²) in [5, 5.41) is 2.36. The van der Waals surface area contributed by atoms with E-state index in [2.05, 4.69) is 10.1 Å². The van der Waals surface area contributed by atoms with Crippen molar-refractivity contribution in [2.24, 2.45) is 5.41 Å². The molecule has 0 aromatic carbocycles. The highest BCUT2D eigenvalue weighted by molar-refractivity contribution is 6.01. The number of ether oxygens (including phenoxy) is 1. The number of nitrogens with one attached hydrogen (secondary N) is 1. The Balaban J connectivity index is 2.10. The summed E-state index contributed by atoms with van der Waals surface area (Å²) in [5.74, 6) is -0.654. The van der Waals surface area contributed by atoms with E-state index in [0.717, 1.165) is 32.1 Å². The fourth-order valence-corrected chi connectivity index (χ4v) is 2.78. The van der Waals surface area contributed by atoms with E-state index in [-0.39, 0.29) is 12.5 Å². The minimum atomic E-state index is -0.500. The number of hydrogen-bond donors (Lipinski definition) is 1. The first-order valence-electron chi connectivity index (χ1n) is 6.25. The summed E-state index contributed by atoms with van der Waals surface area (Å²) in [6.07, 6.45) is 4.68. The molecule has 0 unspecified atom stereocenters. The third-order valence-corrected chi connectivity index (χ3v) is 3.84. The molecule has 1 aliphatic heterocycles. The Morgan fingerprint density at radius 1 is 1.33 bits per heavy atom. The molecule has 18 heavy (non-hydrogen) atoms. The highest BCUT2D eigenvalue weighted by atomic mass is 16.5. The predicted octanol–water partition coefficient (Wildman–Crippen LogP) is 0.662. The van der Waals surface area contributed by atoms with Gasteiger partial charge in [-0.3, -0.25) is 14.9 Å². The van der Waals surface area contributed by atoms with E-state index < -0.39 is 17.4 Å². The van der Waals surface area contributed by atoms with Gasteiger partial charge in [0.1, 0.15) is 6.54 Å². The Morgan fingerprint density at radius 2 is 2.00 bits per heavy atom. The van der Waals surface area contributed by atoms with Gasteiger partial charge in [-0.25, -0.2) is 4.79 Å². The van der Waals surface area contributed by atoms with Crippen molar-refractivity contribution in [2.75, 3.05) is 20.2 Å². The minimum absolute atomic E-state index is 0.0998. The molecule has 2 aliphatic rings. The lowest BCUT2D eigenvalue weighted by atomic mass is 9.72. The second-order valence-corrected chi connectivity index (χ2v) is 5.03. The summed E-state index contributed by atoms with van der Waals surface area (Å²) >= 11 is 0. The van der Waals surface area contributed by atoms with Gasteiger partial charge in [-0.15, -0.1) is 0 Å². The van der Waals surface area contributed by atoms with Crippen LogP contribution in [0.15, 0.2) is 0 Å². The number of nitrogens with zero attached hydrogens (tertiary/aromatic N) is 1. The Labute approximate surface area is 106 Å². The van der Waals surface area contributed by atoms with Gasteiger partial charge in [0.05, 0.1) is 12.5 Å². The second kappa shape index (κ2) is 4.96. The Hall–Kier alpha value is -1.59. The van der Waals surface area contributed by atoms with Crippen molar-refractivity contribution in [2.45, 2.75) is 32.1 Å². The number of rotatable bonds is 2. The number of amides is 3. The molecular weight excluding hydrogens is 236 g/mol. The van der Waals surface area contributed by atoms with Crippen molar-refractivity contribution in [1.82, 2.24) is 10.2 Å². The maximum Gasteiger partial charge on any atom is 0.325 e. The van der Waals surface area contributed by atoms with Crippen molar-refractivity contribution in [3.05, 3.63) is 0 Å². The molecule has 1 saturated heterocycles. The number of carbonyl (C=O) groups is 3. The summed E-state index contributed by atoms with van der Waals surface area (Å²) in [4.78, 5) is 36.3. The van der Waals surface area contributed by atoms with Crippen LogP contribution in [0.25, 0.3) is 0 Å². The molecule has 0 atom stereocenters. The van der Waals surface area contributed by atoms with Crippen LogP contribution >= 0.6 is 0 Å². The average molecular weight is 254 g/mol. The zero-order valence-corrected chi connectivity index (χ0v) is 10.5. The first-order valence-corrected chi connectivity index (χ1v) is 6.25. The quantitative estimate of drug-likeness (QED) is 0.734. The van der Waals surface area contributed by atoms with E-state index >= 15 is 0 Å². The average Bonchev–Trinajstić information content (AvgIpc) is 2.37. The van der Waals surface area contributed by atoms with E-state index in [1.54, 1.807) is 0 Å². The number of urea groups is 1. The van der Waals surface area contributed by atoms with Crippen molar-refractivity contribution in [3.8, 4) is 0 Å². The molecule has 0 aromatic heterocycles. The summed E-state index contributed by atoms with van der Waals surface area (Å²) in [6, 6.07) is -0.499. The molecule has 2 fully saturated rings. The normalized spacial score (nSPS) is 22.8. The van der Waals surface area contributed by atoms with Gasteiger partial charge in [0, 0.05) is 6.54 Å². The molecule has 1 saturated carbocycles. The van der Waals surface area contributed by atoms with Crippen molar-refractivity contribution < 1.29 is 19.1 Å². The van der Waals surface area contributed by atoms with Gasteiger partial charge in [0.2, 0.25) is 5.91 Å². The lowest BCUT2D eigenvalue weighted by Crippen LogP contribution is -2.61. The van der Waals surface area contributed by atoms with E-state index in [1.165, 1.54) is 12.0 Å². The minimum Gasteiger partial charge on any atom is -0.468 e. The number of esters is 1. The Bertz CT molecular complexity index is 374. The Morgan fingerprint density at radius 3 is 2.61 bits per heavy atom. The van der Waals surface area contributed by atoms with Crippen LogP contribution in [0.2, 0.25) is 0 Å². The molecule has 100 valence electrons. The SMILES string of the molecule is COC(=O)CN1CC2(CCCCC2)C(=O)NC1=O. The highest BCUT2D eigenvalue weighted by Gasteiger charge is 2.46. The molecule has 0 bridgehead atoms. The Kier molecular flexibility index (Phi) is 3.54. The molecule has 1 heterocycles. The van der Waals surface area contributed by atoms with Gasteiger partial charge in [0.15, 0.2) is 0 Å². The smallest absolute Gasteiger partial charge is 0.325 e. The van der Waals surface area contributed by atoms with Crippen molar-refractivity contribution >= 4 is 17.9 Å². The molecule has 3 amide bonds. The molecular formula is C12H18N2O4. The fraction of sp³-hybridized carbons (Fsp3) is 0.750. The van der Waals surface area contributed by atoms with Crippen LogP contribution in [0.1, 0.15) is 32.1 Å². The molecule has 1 spiro atoms. The van der Waals surface area contributed by atoms with Crippen molar-refractivity contribution in [3.63, 3.8) is 0 Å². The predicted molar refractivity (Wildman–Crippen MR) is 62.6 cm³/mol. The van der Waals surface area contributed by atoms with Gasteiger partial charge < -0.3 is 9.64 Å². The zero-order valence-electron chi connectivity index (χ0n) is 10.5. The maximum atomic E-state index is 12.0. The first-order chi connectivity index (χ1) is 8.57. The van der Waals surface area contributed by atoms with E-state index in [1.807, 2.05) is 0 Å². The van der Waals surface area contributed by atoms with Crippen LogP contribution in [0, 0.1) is 5.41 Å². The standard InChI is InChI=1S/C12H18N2O4/c1-18-9(15)7-14-8-12(5-3-2-4-6-12)10(16)13-11(14)17/h2-8H2,1H3,(H,13,16,17). The molecule has 6 heteroatoms. The summed E-state index contributed by atoms with van der Waals surface area (Å²) < 4.78 is 4.56. The van der Waals surface area contributed by atoms with Crippen LogP contribution in [0.5, 0.6) is 0 Å². The lowest BCUT2D eigenvalue weighted by Gasteiger charge is -2.43. The molecule has 0 radical (unpaired) electrons. The topological polar surface area (TPSA) is 75.7 Å². The van der Waals surface area contributed by atoms with Crippen LogP contribution in [-0.4, -0.2) is 43.0 Å². The summed E-state index contributed by atoms with van der Waals surface area (Å²) in [7, 11) is 1.28. The monoisotopic (exact) mass is 254 g/mol. The van der Waals surface area contributed by atoms with E-state index in [4.69, 9.17) is 0 Å². The second-order valence-electron chi connectivity index (χ2n) is 5.03. The van der Waals surface area contributed by atoms with E-state index in [0.29, 0.717) is 6.54 Å². The highest BCUT2D eigenvalue weighted by Crippen LogP contribution is 2.38. The third-order valence-electron chi connectivity index (χ3n) is 3.84. The van der Waals surface area contributed by atoms with Gasteiger partial charge in [-0.1, -0.05) is 19.3 Å². The summed E-state index contributed by atoms with van der Waals surface area (Å²) in [6.45, 7) is 0.226. The summed E-state index contributed by atoms with van der Waals surface area (Å²) in [5.41, 5.74) is -0.500. The van der Waals surface area contributed by atoms with Gasteiger partial charge in [-0.05, 0) is 12.8 Å². The number of hydrogen-bond acceptors (Lipinski definition) is 4. The molecule has 1 N–H and O–H groups in total. The van der Waals surface area contributed by atoms with Gasteiger partial charge in [-0.2, -0.15) is 0 Å². The fourth-order valence-electron chi connectivity index (χ4n) is 2.78. The molecule has 0 aromatic rings. The first kappa shape index (κ1) is 12.9. The molecule has 6 nitrogen and oxygen atoms in total. The van der Waals surface area contributed by atoms with E-state index in [9.17, 15) is 14.4 Å². The van der Waals surface area contributed by atoms with Gasteiger partial charge >= 0.3 is 12.0 Å². The van der Waals surface area contributed by atoms with Crippen LogP contribution in [0.4, 0.5) is 4.79 Å². The van der Waals surface area contributed by atoms with Crippen molar-refractivity contribution in [1.29, 1.82) is 0 Å². The number of carbonyl (C=O) groups excluding carboxylic acids is 3. The molecule has 1 aliphatic carbocycles. The maximum absolute atomic E-state index is 12.0.